The highest BCUT2D eigenvalue weighted by molar-refractivity contribution is 5.90. The van der Waals surface area contributed by atoms with E-state index in [2.05, 4.69) is 10.4 Å². The van der Waals surface area contributed by atoms with Crippen LogP contribution in [0, 0.1) is 0 Å². The topological polar surface area (TPSA) is 86.9 Å². The van der Waals surface area contributed by atoms with Gasteiger partial charge in [0.1, 0.15) is 18.9 Å². The number of fused-ring (bicyclic) bond motifs is 1. The molecule has 0 radical (unpaired) electrons. The monoisotopic (exact) mass is 368 g/mol. The Bertz CT molecular complexity index is 1000. The Balaban J connectivity index is 1.39. The van der Waals surface area contributed by atoms with Gasteiger partial charge in [-0.2, -0.15) is 0 Å². The fraction of sp³-hybridized carbons (Fsp3) is 0.316. The summed E-state index contributed by atoms with van der Waals surface area (Å²) in [5, 5.41) is 6.92. The van der Waals surface area contributed by atoms with Crippen LogP contribution in [-0.4, -0.2) is 39.4 Å². The highest BCUT2D eigenvalue weighted by Gasteiger charge is 2.16. The van der Waals surface area contributed by atoms with Crippen molar-refractivity contribution in [2.75, 3.05) is 18.5 Å². The minimum absolute atomic E-state index is 0.130. The van der Waals surface area contributed by atoms with Gasteiger partial charge in [-0.25, -0.2) is 9.48 Å². The van der Waals surface area contributed by atoms with Crippen LogP contribution in [0.1, 0.15) is 12.8 Å². The summed E-state index contributed by atoms with van der Waals surface area (Å²) in [4.78, 5) is 24.5. The molecule has 0 saturated carbocycles. The summed E-state index contributed by atoms with van der Waals surface area (Å²) >= 11 is 0. The van der Waals surface area contributed by atoms with Crippen molar-refractivity contribution in [3.05, 3.63) is 59.1 Å². The van der Waals surface area contributed by atoms with Crippen molar-refractivity contribution in [2.45, 2.75) is 25.5 Å². The maximum Gasteiger partial charge on any atom is 0.350 e. The van der Waals surface area contributed by atoms with Gasteiger partial charge in [-0.05, 0) is 37.1 Å². The second-order valence-corrected chi connectivity index (χ2v) is 6.39. The molecular formula is C19H20N4O4. The van der Waals surface area contributed by atoms with Crippen LogP contribution in [0.5, 0.6) is 5.75 Å². The van der Waals surface area contributed by atoms with Crippen molar-refractivity contribution in [3.8, 4) is 5.75 Å². The molecular weight excluding hydrogens is 348 g/mol. The summed E-state index contributed by atoms with van der Waals surface area (Å²) in [5.74, 6) is 0.324. The molecule has 1 unspecified atom stereocenters. The molecule has 0 bridgehead atoms. The predicted molar refractivity (Wildman–Crippen MR) is 99.0 cm³/mol. The highest BCUT2D eigenvalue weighted by Crippen LogP contribution is 2.19. The lowest BCUT2D eigenvalue weighted by molar-refractivity contribution is -0.117. The van der Waals surface area contributed by atoms with E-state index >= 15 is 0 Å². The number of hydrogen-bond donors (Lipinski definition) is 1. The predicted octanol–water partition coefficient (Wildman–Crippen LogP) is 1.69. The second kappa shape index (κ2) is 7.63. The molecule has 4 rings (SSSR count). The molecule has 3 heterocycles. The van der Waals surface area contributed by atoms with Crippen molar-refractivity contribution in [1.82, 2.24) is 14.2 Å². The standard InChI is InChI=1S/C19H20N4O4/c24-18(12-23-19(25)22-9-2-1-8-17(22)21-23)20-14-5-3-6-15(11-14)27-13-16-7-4-10-26-16/h1-3,5-6,8-9,11,16H,4,7,10,12-13H2,(H,20,24). The van der Waals surface area contributed by atoms with Gasteiger partial charge >= 0.3 is 5.69 Å². The van der Waals surface area contributed by atoms with E-state index < -0.39 is 0 Å². The Hall–Kier alpha value is -3.13. The van der Waals surface area contributed by atoms with Crippen LogP contribution in [0.15, 0.2) is 53.5 Å². The van der Waals surface area contributed by atoms with E-state index in [1.165, 1.54) is 4.40 Å². The lowest BCUT2D eigenvalue weighted by atomic mass is 10.2. The zero-order valence-electron chi connectivity index (χ0n) is 14.7. The van der Waals surface area contributed by atoms with E-state index in [4.69, 9.17) is 9.47 Å². The van der Waals surface area contributed by atoms with Crippen LogP contribution >= 0.6 is 0 Å². The summed E-state index contributed by atoms with van der Waals surface area (Å²) in [6.45, 7) is 1.11. The number of benzene rings is 1. The molecule has 1 amide bonds. The van der Waals surface area contributed by atoms with Gasteiger partial charge in [-0.15, -0.1) is 5.10 Å². The quantitative estimate of drug-likeness (QED) is 0.716. The van der Waals surface area contributed by atoms with Gasteiger partial charge < -0.3 is 14.8 Å². The minimum atomic E-state index is -0.352. The van der Waals surface area contributed by atoms with Crippen molar-refractivity contribution in [2.24, 2.45) is 0 Å². The first kappa shape index (κ1) is 17.3. The first-order valence-corrected chi connectivity index (χ1v) is 8.87. The average molecular weight is 368 g/mol. The zero-order chi connectivity index (χ0) is 18.6. The number of carbonyl (C=O) groups is 1. The Kier molecular flexibility index (Phi) is 4.88. The van der Waals surface area contributed by atoms with E-state index in [-0.39, 0.29) is 24.2 Å². The van der Waals surface area contributed by atoms with Gasteiger partial charge in [-0.1, -0.05) is 12.1 Å². The summed E-state index contributed by atoms with van der Waals surface area (Å²) in [7, 11) is 0. The fourth-order valence-corrected chi connectivity index (χ4v) is 3.04. The van der Waals surface area contributed by atoms with Gasteiger partial charge in [0.05, 0.1) is 6.10 Å². The molecule has 27 heavy (non-hydrogen) atoms. The molecule has 1 aromatic carbocycles. The normalized spacial score (nSPS) is 16.5. The molecule has 2 aromatic heterocycles. The number of nitrogens with zero attached hydrogens (tertiary/aromatic N) is 3. The maximum atomic E-state index is 12.3. The van der Waals surface area contributed by atoms with Gasteiger partial charge in [0.25, 0.3) is 0 Å². The molecule has 1 N–H and O–H groups in total. The van der Waals surface area contributed by atoms with Crippen molar-refractivity contribution >= 4 is 17.2 Å². The molecule has 0 spiro atoms. The molecule has 3 aromatic rings. The van der Waals surface area contributed by atoms with E-state index in [1.54, 1.807) is 42.6 Å². The zero-order valence-corrected chi connectivity index (χ0v) is 14.7. The fourth-order valence-electron chi connectivity index (χ4n) is 3.04. The SMILES string of the molecule is O=C(Cn1nc2ccccn2c1=O)Nc1cccc(OCC2CCCO2)c1. The van der Waals surface area contributed by atoms with Crippen molar-refractivity contribution in [1.29, 1.82) is 0 Å². The third-order valence-corrected chi connectivity index (χ3v) is 4.36. The first-order chi connectivity index (χ1) is 13.2. The van der Waals surface area contributed by atoms with Crippen LogP contribution < -0.4 is 15.7 Å². The van der Waals surface area contributed by atoms with Crippen LogP contribution in [0.25, 0.3) is 5.65 Å². The molecule has 1 atom stereocenters. The molecule has 1 aliphatic heterocycles. The lowest BCUT2D eigenvalue weighted by Gasteiger charge is -2.12. The number of anilines is 1. The molecule has 8 heteroatoms. The van der Waals surface area contributed by atoms with Crippen LogP contribution in [0.4, 0.5) is 5.69 Å². The summed E-state index contributed by atoms with van der Waals surface area (Å²) in [6, 6.07) is 12.4. The van der Waals surface area contributed by atoms with Crippen molar-refractivity contribution in [3.63, 3.8) is 0 Å². The lowest BCUT2D eigenvalue weighted by Crippen LogP contribution is -2.28. The number of pyridine rings is 1. The summed E-state index contributed by atoms with van der Waals surface area (Å²) in [5.41, 5.74) is 0.746. The number of aromatic nitrogens is 3. The van der Waals surface area contributed by atoms with Crippen LogP contribution in [0.3, 0.4) is 0 Å². The molecule has 140 valence electrons. The number of rotatable bonds is 6. The molecule has 0 aliphatic carbocycles. The number of carbonyl (C=O) groups excluding carboxylic acids is 1. The third kappa shape index (κ3) is 4.01. The Morgan fingerprint density at radius 3 is 3.04 bits per heavy atom. The van der Waals surface area contributed by atoms with E-state index in [0.717, 1.165) is 24.1 Å². The Morgan fingerprint density at radius 2 is 2.22 bits per heavy atom. The number of ether oxygens (including phenoxy) is 2. The minimum Gasteiger partial charge on any atom is -0.491 e. The number of nitrogens with one attached hydrogen (secondary N) is 1. The van der Waals surface area contributed by atoms with Gasteiger partial charge in [0, 0.05) is 24.6 Å². The number of hydrogen-bond acceptors (Lipinski definition) is 5. The molecule has 1 aliphatic rings. The van der Waals surface area contributed by atoms with Crippen LogP contribution in [-0.2, 0) is 16.1 Å². The average Bonchev–Trinajstić information content (AvgIpc) is 3.29. The third-order valence-electron chi connectivity index (χ3n) is 4.36. The van der Waals surface area contributed by atoms with Gasteiger partial charge in [0.2, 0.25) is 5.91 Å². The Morgan fingerprint density at radius 1 is 1.30 bits per heavy atom. The summed E-state index contributed by atoms with van der Waals surface area (Å²) in [6.07, 6.45) is 3.81. The van der Waals surface area contributed by atoms with Crippen molar-refractivity contribution < 1.29 is 14.3 Å². The maximum absolute atomic E-state index is 12.3. The largest absolute Gasteiger partial charge is 0.491 e. The van der Waals surface area contributed by atoms with Gasteiger partial charge in [-0.3, -0.25) is 9.20 Å². The van der Waals surface area contributed by atoms with E-state index in [9.17, 15) is 9.59 Å². The van der Waals surface area contributed by atoms with E-state index in [1.807, 2.05) is 6.07 Å². The first-order valence-electron chi connectivity index (χ1n) is 8.87. The molecule has 1 saturated heterocycles. The smallest absolute Gasteiger partial charge is 0.350 e. The Labute approximate surface area is 155 Å². The van der Waals surface area contributed by atoms with Gasteiger partial charge in [0.15, 0.2) is 5.65 Å². The second-order valence-electron chi connectivity index (χ2n) is 6.39. The van der Waals surface area contributed by atoms with E-state index in [0.29, 0.717) is 23.7 Å². The summed E-state index contributed by atoms with van der Waals surface area (Å²) < 4.78 is 13.8. The molecule has 8 nitrogen and oxygen atoms in total. The molecule has 1 fully saturated rings. The number of amides is 1. The highest BCUT2D eigenvalue weighted by atomic mass is 16.5. The van der Waals surface area contributed by atoms with Crippen LogP contribution in [0.2, 0.25) is 0 Å².